The number of hydrogen-bond donors (Lipinski definition) is 3. The fourth-order valence-corrected chi connectivity index (χ4v) is 1.47. The first-order valence-electron chi connectivity index (χ1n) is 4.41. The molecule has 1 aliphatic rings. The molecule has 0 aliphatic carbocycles. The van der Waals surface area contributed by atoms with Gasteiger partial charge < -0.3 is 10.6 Å². The predicted molar refractivity (Wildman–Crippen MR) is 54.1 cm³/mol. The van der Waals surface area contributed by atoms with Crippen LogP contribution in [0.1, 0.15) is 10.5 Å². The number of hydrogen-bond acceptors (Lipinski definition) is 4. The minimum atomic E-state index is -0.221. The number of carbonyl (C=O) groups excluding carboxylic acids is 1. The number of pyridine rings is 1. The van der Waals surface area contributed by atoms with Gasteiger partial charge in [-0.2, -0.15) is 5.10 Å². The Morgan fingerprint density at radius 2 is 2.13 bits per heavy atom. The summed E-state index contributed by atoms with van der Waals surface area (Å²) >= 11 is 0. The molecule has 3 heterocycles. The number of rotatable bonds is 0. The number of nitrogens with zero attached hydrogens (tertiary/aromatic N) is 2. The van der Waals surface area contributed by atoms with E-state index in [0.717, 1.165) is 0 Å². The second kappa shape index (κ2) is 2.81. The Balaban J connectivity index is 2.18. The monoisotopic (exact) mass is 201 g/mol. The Kier molecular flexibility index (Phi) is 1.49. The smallest absolute Gasteiger partial charge is 0.275 e. The van der Waals surface area contributed by atoms with E-state index in [9.17, 15) is 4.79 Å². The molecule has 74 valence electrons. The van der Waals surface area contributed by atoms with Crippen LogP contribution in [0.4, 0.5) is 17.2 Å². The van der Waals surface area contributed by atoms with E-state index in [1.807, 2.05) is 0 Å². The van der Waals surface area contributed by atoms with E-state index in [0.29, 0.717) is 22.9 Å². The van der Waals surface area contributed by atoms with Crippen molar-refractivity contribution in [2.75, 3.05) is 10.6 Å². The van der Waals surface area contributed by atoms with Crippen LogP contribution < -0.4 is 10.6 Å². The third-order valence-electron chi connectivity index (χ3n) is 2.18. The fraction of sp³-hybridized carbons (Fsp3) is 0. The number of fused-ring (bicyclic) bond motifs is 2. The largest absolute Gasteiger partial charge is 0.335 e. The van der Waals surface area contributed by atoms with Crippen LogP contribution in [-0.4, -0.2) is 21.1 Å². The van der Waals surface area contributed by atoms with Crippen molar-refractivity contribution in [3.8, 4) is 0 Å². The van der Waals surface area contributed by atoms with Gasteiger partial charge in [0.05, 0.1) is 17.6 Å². The molecule has 2 aromatic heterocycles. The van der Waals surface area contributed by atoms with Crippen LogP contribution in [-0.2, 0) is 0 Å². The molecule has 6 nitrogen and oxygen atoms in total. The molecule has 0 radical (unpaired) electrons. The molecule has 15 heavy (non-hydrogen) atoms. The van der Waals surface area contributed by atoms with Crippen molar-refractivity contribution in [2.24, 2.45) is 0 Å². The lowest BCUT2D eigenvalue weighted by molar-refractivity contribution is 0.102. The van der Waals surface area contributed by atoms with Crippen LogP contribution in [0, 0.1) is 0 Å². The molecule has 0 saturated carbocycles. The molecule has 0 spiro atoms. The highest BCUT2D eigenvalue weighted by Crippen LogP contribution is 2.28. The van der Waals surface area contributed by atoms with Gasteiger partial charge in [0.15, 0.2) is 5.82 Å². The van der Waals surface area contributed by atoms with E-state index in [1.165, 1.54) is 0 Å². The van der Waals surface area contributed by atoms with Crippen molar-refractivity contribution in [1.82, 2.24) is 15.2 Å². The number of H-pyrrole nitrogens is 1. The standard InChI is InChI=1S/C9H7N5O/c15-9-7-6(4-11-14-7)12-8-5(13-9)2-1-3-10-8/h1-4H,(H,10,12)(H,11,14)(H,13,15). The van der Waals surface area contributed by atoms with E-state index >= 15 is 0 Å². The van der Waals surface area contributed by atoms with Crippen LogP contribution in [0.15, 0.2) is 24.5 Å². The maximum atomic E-state index is 11.7. The van der Waals surface area contributed by atoms with Crippen molar-refractivity contribution in [1.29, 1.82) is 0 Å². The van der Waals surface area contributed by atoms with E-state index in [4.69, 9.17) is 0 Å². The van der Waals surface area contributed by atoms with Gasteiger partial charge in [-0.25, -0.2) is 4.98 Å². The number of aromatic nitrogens is 3. The van der Waals surface area contributed by atoms with E-state index in [2.05, 4.69) is 25.8 Å². The van der Waals surface area contributed by atoms with Gasteiger partial charge in [-0.1, -0.05) is 0 Å². The van der Waals surface area contributed by atoms with Crippen LogP contribution in [0.5, 0.6) is 0 Å². The number of amides is 1. The summed E-state index contributed by atoms with van der Waals surface area (Å²) in [7, 11) is 0. The number of carbonyl (C=O) groups is 1. The van der Waals surface area contributed by atoms with E-state index < -0.39 is 0 Å². The summed E-state index contributed by atoms with van der Waals surface area (Å²) in [5.41, 5.74) is 1.70. The van der Waals surface area contributed by atoms with Gasteiger partial charge in [0.25, 0.3) is 5.91 Å². The van der Waals surface area contributed by atoms with Gasteiger partial charge in [0.2, 0.25) is 0 Å². The second-order valence-electron chi connectivity index (χ2n) is 3.14. The summed E-state index contributed by atoms with van der Waals surface area (Å²) in [6, 6.07) is 3.55. The average Bonchev–Trinajstić information content (AvgIpc) is 2.64. The van der Waals surface area contributed by atoms with E-state index in [-0.39, 0.29) is 5.91 Å². The SMILES string of the molecule is O=C1Nc2cccnc2Nc2cn[nH]c21. The lowest BCUT2D eigenvalue weighted by Gasteiger charge is -2.04. The number of anilines is 3. The van der Waals surface area contributed by atoms with Gasteiger partial charge in [0, 0.05) is 6.20 Å². The maximum Gasteiger partial charge on any atom is 0.275 e. The number of aromatic amines is 1. The van der Waals surface area contributed by atoms with Crippen LogP contribution in [0.2, 0.25) is 0 Å². The normalized spacial score (nSPS) is 13.2. The van der Waals surface area contributed by atoms with Crippen LogP contribution in [0.3, 0.4) is 0 Å². The molecule has 3 N–H and O–H groups in total. The lowest BCUT2D eigenvalue weighted by Crippen LogP contribution is -2.11. The highest BCUT2D eigenvalue weighted by atomic mass is 16.2. The summed E-state index contributed by atoms with van der Waals surface area (Å²) in [5, 5.41) is 12.2. The zero-order valence-electron chi connectivity index (χ0n) is 7.61. The highest BCUT2D eigenvalue weighted by Gasteiger charge is 2.20. The van der Waals surface area contributed by atoms with Gasteiger partial charge >= 0.3 is 0 Å². The third-order valence-corrected chi connectivity index (χ3v) is 2.18. The molecule has 0 atom stereocenters. The highest BCUT2D eigenvalue weighted by molar-refractivity contribution is 6.10. The second-order valence-corrected chi connectivity index (χ2v) is 3.14. The Labute approximate surface area is 84.7 Å². The molecular formula is C9H7N5O. The van der Waals surface area contributed by atoms with Crippen molar-refractivity contribution in [2.45, 2.75) is 0 Å². The summed E-state index contributed by atoms with van der Waals surface area (Å²) < 4.78 is 0. The average molecular weight is 201 g/mol. The Bertz CT molecular complexity index is 533. The summed E-state index contributed by atoms with van der Waals surface area (Å²) in [4.78, 5) is 15.8. The Hall–Kier alpha value is -2.37. The molecule has 0 unspecified atom stereocenters. The minimum Gasteiger partial charge on any atom is -0.335 e. The predicted octanol–water partition coefficient (Wildman–Crippen LogP) is 1.11. The Morgan fingerprint density at radius 1 is 1.20 bits per heavy atom. The molecule has 0 fully saturated rings. The molecule has 6 heteroatoms. The lowest BCUT2D eigenvalue weighted by atomic mass is 10.3. The van der Waals surface area contributed by atoms with Crippen LogP contribution >= 0.6 is 0 Å². The fourth-order valence-electron chi connectivity index (χ4n) is 1.47. The van der Waals surface area contributed by atoms with Crippen molar-refractivity contribution >= 4 is 23.1 Å². The van der Waals surface area contributed by atoms with Crippen LogP contribution in [0.25, 0.3) is 0 Å². The molecule has 1 amide bonds. The number of nitrogens with one attached hydrogen (secondary N) is 3. The van der Waals surface area contributed by atoms with Gasteiger partial charge in [-0.05, 0) is 12.1 Å². The van der Waals surface area contributed by atoms with Gasteiger partial charge in [0.1, 0.15) is 5.69 Å². The third kappa shape index (κ3) is 1.15. The first-order valence-corrected chi connectivity index (χ1v) is 4.41. The zero-order chi connectivity index (χ0) is 10.3. The van der Waals surface area contributed by atoms with Crippen molar-refractivity contribution in [3.63, 3.8) is 0 Å². The molecule has 0 bridgehead atoms. The summed E-state index contributed by atoms with van der Waals surface area (Å²) in [5.74, 6) is 0.396. The first kappa shape index (κ1) is 7.98. The zero-order valence-corrected chi connectivity index (χ0v) is 7.61. The minimum absolute atomic E-state index is 0.221. The quantitative estimate of drug-likeness (QED) is 0.596. The summed E-state index contributed by atoms with van der Waals surface area (Å²) in [6.45, 7) is 0. The maximum absolute atomic E-state index is 11.7. The molecular weight excluding hydrogens is 194 g/mol. The molecule has 0 aromatic carbocycles. The van der Waals surface area contributed by atoms with E-state index in [1.54, 1.807) is 24.5 Å². The molecule has 2 aromatic rings. The first-order chi connectivity index (χ1) is 7.34. The van der Waals surface area contributed by atoms with Crippen molar-refractivity contribution in [3.05, 3.63) is 30.2 Å². The molecule has 0 saturated heterocycles. The molecule has 3 rings (SSSR count). The van der Waals surface area contributed by atoms with Gasteiger partial charge in [-0.15, -0.1) is 0 Å². The topological polar surface area (TPSA) is 82.7 Å². The molecule has 1 aliphatic heterocycles. The summed E-state index contributed by atoms with van der Waals surface area (Å²) in [6.07, 6.45) is 3.21. The Morgan fingerprint density at radius 3 is 3.07 bits per heavy atom. The van der Waals surface area contributed by atoms with Crippen molar-refractivity contribution < 1.29 is 4.79 Å². The van der Waals surface area contributed by atoms with Gasteiger partial charge in [-0.3, -0.25) is 9.89 Å².